The number of allylic oxidation sites excluding steroid dienone is 2. The first-order valence-corrected chi connectivity index (χ1v) is 2.36. The van der Waals surface area contributed by atoms with Gasteiger partial charge in [0.2, 0.25) is 11.6 Å². The topological polar surface area (TPSA) is 81.7 Å². The second kappa shape index (κ2) is 1.78. The standard InChI is InChI=1S/C6N2O2/c7-1-3(2-8)4-5(9)6(4)10. The highest BCUT2D eigenvalue weighted by Crippen LogP contribution is 2.20. The van der Waals surface area contributed by atoms with Crippen LogP contribution in [0.4, 0.5) is 0 Å². The van der Waals surface area contributed by atoms with E-state index in [1.807, 2.05) is 0 Å². The first kappa shape index (κ1) is 6.18. The molecule has 10 heavy (non-hydrogen) atoms. The van der Waals surface area contributed by atoms with E-state index in [1.54, 1.807) is 0 Å². The molecule has 4 heteroatoms. The average Bonchev–Trinajstić information content (AvgIpc) is 2.49. The number of nitrogens with zero attached hydrogens (tertiary/aromatic N) is 2. The highest BCUT2D eigenvalue weighted by Gasteiger charge is 2.44. The molecule has 46 valence electrons. The van der Waals surface area contributed by atoms with Crippen molar-refractivity contribution in [3.63, 3.8) is 0 Å². The molecule has 0 unspecified atom stereocenters. The maximum atomic E-state index is 10.3. The van der Waals surface area contributed by atoms with Crippen LogP contribution < -0.4 is 0 Å². The highest BCUT2D eigenvalue weighted by atomic mass is 16.2. The molecule has 0 saturated heterocycles. The van der Waals surface area contributed by atoms with E-state index in [0.29, 0.717) is 0 Å². The van der Waals surface area contributed by atoms with Gasteiger partial charge in [0.1, 0.15) is 23.3 Å². The SMILES string of the molecule is N#CC(C#N)=C1C(=O)C1=O. The first-order valence-electron chi connectivity index (χ1n) is 2.36. The van der Waals surface area contributed by atoms with Gasteiger partial charge in [-0.05, 0) is 0 Å². The molecule has 0 aliphatic heterocycles. The largest absolute Gasteiger partial charge is 0.285 e. The number of hydrogen-bond donors (Lipinski definition) is 0. The minimum Gasteiger partial charge on any atom is -0.285 e. The van der Waals surface area contributed by atoms with E-state index in [1.165, 1.54) is 12.1 Å². The molecule has 0 amide bonds. The van der Waals surface area contributed by atoms with Gasteiger partial charge < -0.3 is 0 Å². The quantitative estimate of drug-likeness (QED) is 0.192. The van der Waals surface area contributed by atoms with Crippen molar-refractivity contribution in [3.8, 4) is 12.1 Å². The van der Waals surface area contributed by atoms with Crippen molar-refractivity contribution in [2.24, 2.45) is 0 Å². The smallest absolute Gasteiger partial charge is 0.239 e. The van der Waals surface area contributed by atoms with Gasteiger partial charge in [-0.15, -0.1) is 0 Å². The van der Waals surface area contributed by atoms with Gasteiger partial charge in [-0.25, -0.2) is 0 Å². The maximum Gasteiger partial charge on any atom is 0.239 e. The summed E-state index contributed by atoms with van der Waals surface area (Å²) in [5.74, 6) is -1.42. The van der Waals surface area contributed by atoms with E-state index in [4.69, 9.17) is 10.5 Å². The molecule has 0 spiro atoms. The molecule has 0 radical (unpaired) electrons. The fourth-order valence-corrected chi connectivity index (χ4v) is 0.518. The summed E-state index contributed by atoms with van der Waals surface area (Å²) in [4.78, 5) is 20.5. The molecular weight excluding hydrogens is 132 g/mol. The first-order chi connectivity index (χ1) is 4.72. The molecule has 1 saturated carbocycles. The van der Waals surface area contributed by atoms with Gasteiger partial charge in [0.25, 0.3) is 0 Å². The monoisotopic (exact) mass is 132 g/mol. The second-order valence-electron chi connectivity index (χ2n) is 1.63. The zero-order chi connectivity index (χ0) is 7.72. The van der Waals surface area contributed by atoms with Gasteiger partial charge in [-0.1, -0.05) is 0 Å². The van der Waals surface area contributed by atoms with Gasteiger partial charge in [-0.2, -0.15) is 10.5 Å². The lowest BCUT2D eigenvalue weighted by Gasteiger charge is -1.66. The zero-order valence-electron chi connectivity index (χ0n) is 4.71. The third-order valence-electron chi connectivity index (χ3n) is 1.07. The van der Waals surface area contributed by atoms with Crippen molar-refractivity contribution in [1.82, 2.24) is 0 Å². The Morgan fingerprint density at radius 3 is 1.60 bits per heavy atom. The number of hydrogen-bond acceptors (Lipinski definition) is 4. The van der Waals surface area contributed by atoms with Crippen molar-refractivity contribution < 1.29 is 9.59 Å². The summed E-state index contributed by atoms with van der Waals surface area (Å²) in [6.45, 7) is 0. The van der Waals surface area contributed by atoms with Crippen LogP contribution in [0.15, 0.2) is 11.1 Å². The molecule has 4 nitrogen and oxygen atoms in total. The third kappa shape index (κ3) is 0.602. The predicted molar refractivity (Wildman–Crippen MR) is 28.3 cm³/mol. The fraction of sp³-hybridized carbons (Fsp3) is 0. The van der Waals surface area contributed by atoms with Gasteiger partial charge in [0, 0.05) is 0 Å². The summed E-state index contributed by atoms with van der Waals surface area (Å²) in [5.41, 5.74) is -0.625. The number of carbonyl (C=O) groups is 2. The van der Waals surface area contributed by atoms with E-state index in [-0.39, 0.29) is 11.1 Å². The third-order valence-corrected chi connectivity index (χ3v) is 1.07. The lowest BCUT2D eigenvalue weighted by Crippen LogP contribution is -1.71. The van der Waals surface area contributed by atoms with Gasteiger partial charge in [0.05, 0.1) is 0 Å². The van der Waals surface area contributed by atoms with Crippen LogP contribution in [0.25, 0.3) is 0 Å². The summed E-state index contributed by atoms with van der Waals surface area (Å²) in [6.07, 6.45) is 0. The Bertz CT molecular complexity index is 306. The number of rotatable bonds is 0. The molecule has 1 rings (SSSR count). The Morgan fingerprint density at radius 2 is 1.50 bits per heavy atom. The average molecular weight is 132 g/mol. The van der Waals surface area contributed by atoms with Crippen molar-refractivity contribution in [1.29, 1.82) is 10.5 Å². The van der Waals surface area contributed by atoms with Crippen molar-refractivity contribution in [3.05, 3.63) is 11.1 Å². The minimum absolute atomic E-state index is 0.245. The number of ketones is 2. The summed E-state index contributed by atoms with van der Waals surface area (Å²) in [6, 6.07) is 2.90. The van der Waals surface area contributed by atoms with E-state index in [9.17, 15) is 9.59 Å². The molecule has 0 N–H and O–H groups in total. The van der Waals surface area contributed by atoms with E-state index in [2.05, 4.69) is 0 Å². The predicted octanol–water partition coefficient (Wildman–Crippen LogP) is -0.518. The maximum absolute atomic E-state index is 10.3. The molecule has 1 aliphatic rings. The van der Waals surface area contributed by atoms with Gasteiger partial charge >= 0.3 is 0 Å². The summed E-state index contributed by atoms with van der Waals surface area (Å²) >= 11 is 0. The number of carbonyl (C=O) groups excluding carboxylic acids is 2. The van der Waals surface area contributed by atoms with Crippen LogP contribution >= 0.6 is 0 Å². The van der Waals surface area contributed by atoms with E-state index >= 15 is 0 Å². The molecule has 1 aliphatic carbocycles. The number of nitriles is 2. The number of Topliss-reactive ketones (excluding diaryl/α,β-unsaturated/α-hetero) is 2. The second-order valence-corrected chi connectivity index (χ2v) is 1.63. The van der Waals surface area contributed by atoms with Gasteiger partial charge in [0.15, 0.2) is 0 Å². The molecule has 0 aromatic heterocycles. The van der Waals surface area contributed by atoms with E-state index < -0.39 is 11.6 Å². The summed E-state index contributed by atoms with van der Waals surface area (Å²) in [7, 11) is 0. The summed E-state index contributed by atoms with van der Waals surface area (Å²) < 4.78 is 0. The zero-order valence-corrected chi connectivity index (χ0v) is 4.71. The Kier molecular flexibility index (Phi) is 1.10. The Labute approximate surface area is 56.0 Å². The minimum atomic E-state index is -0.710. The van der Waals surface area contributed by atoms with E-state index in [0.717, 1.165) is 0 Å². The van der Waals surface area contributed by atoms with Crippen LogP contribution in [0.2, 0.25) is 0 Å². The molecule has 0 bridgehead atoms. The van der Waals surface area contributed by atoms with Crippen LogP contribution in [-0.2, 0) is 9.59 Å². The Morgan fingerprint density at radius 1 is 1.10 bits per heavy atom. The Hall–Kier alpha value is -1.94. The van der Waals surface area contributed by atoms with Crippen molar-refractivity contribution >= 4 is 11.6 Å². The lowest BCUT2D eigenvalue weighted by atomic mass is 10.3. The molecule has 0 heterocycles. The molecule has 0 aromatic carbocycles. The molecule has 0 atom stereocenters. The van der Waals surface area contributed by atoms with Crippen LogP contribution in [-0.4, -0.2) is 11.6 Å². The van der Waals surface area contributed by atoms with Gasteiger partial charge in [-0.3, -0.25) is 9.59 Å². The molecular formula is C6N2O2. The molecule has 0 aromatic rings. The highest BCUT2D eigenvalue weighted by molar-refractivity contribution is 6.74. The normalized spacial score (nSPS) is 14.0. The molecule has 1 fully saturated rings. The summed E-state index contributed by atoms with van der Waals surface area (Å²) in [5, 5.41) is 16.3. The Balaban J connectivity index is 3.17. The lowest BCUT2D eigenvalue weighted by molar-refractivity contribution is -0.122. The fourth-order valence-electron chi connectivity index (χ4n) is 0.518. The van der Waals surface area contributed by atoms with Crippen LogP contribution in [0.5, 0.6) is 0 Å². The van der Waals surface area contributed by atoms with Crippen molar-refractivity contribution in [2.45, 2.75) is 0 Å². The van der Waals surface area contributed by atoms with Crippen LogP contribution in [0.3, 0.4) is 0 Å². The van der Waals surface area contributed by atoms with Crippen LogP contribution in [0.1, 0.15) is 0 Å². The van der Waals surface area contributed by atoms with Crippen molar-refractivity contribution in [2.75, 3.05) is 0 Å². The van der Waals surface area contributed by atoms with Crippen LogP contribution in [0, 0.1) is 22.7 Å².